The lowest BCUT2D eigenvalue weighted by molar-refractivity contribution is -0.181. The maximum absolute atomic E-state index is 12.5. The Kier molecular flexibility index (Phi) is 4.94. The van der Waals surface area contributed by atoms with Crippen LogP contribution in [0.25, 0.3) is 0 Å². The molecule has 2 aliphatic rings. The third kappa shape index (κ3) is 3.54. The number of carbonyl (C=O) groups is 1. The normalized spacial score (nSPS) is 19.8. The topological polar surface area (TPSA) is 60.0 Å². The molecule has 0 unspecified atom stereocenters. The van der Waals surface area contributed by atoms with E-state index in [1.165, 1.54) is 0 Å². The molecule has 2 heterocycles. The van der Waals surface area contributed by atoms with Crippen molar-refractivity contribution in [1.82, 2.24) is 4.90 Å². The first-order valence-corrected chi connectivity index (χ1v) is 8.26. The fourth-order valence-electron chi connectivity index (χ4n) is 2.93. The molecule has 1 aromatic carbocycles. The first-order chi connectivity index (χ1) is 11.1. The monoisotopic (exact) mass is 340 g/mol. The Hall–Kier alpha value is -1.50. The zero-order valence-electron chi connectivity index (χ0n) is 13.1. The number of halogens is 1. The van der Waals surface area contributed by atoms with Crippen LogP contribution >= 0.6 is 11.6 Å². The summed E-state index contributed by atoms with van der Waals surface area (Å²) in [5, 5.41) is 3.36. The highest BCUT2D eigenvalue weighted by molar-refractivity contribution is 6.32. The van der Waals surface area contributed by atoms with Gasteiger partial charge in [0.25, 0.3) is 0 Å². The van der Waals surface area contributed by atoms with Crippen LogP contribution in [0, 0.1) is 0 Å². The van der Waals surface area contributed by atoms with Gasteiger partial charge in [0.05, 0.1) is 30.5 Å². The molecule has 1 N–H and O–H groups in total. The average Bonchev–Trinajstić information content (AvgIpc) is 2.99. The van der Waals surface area contributed by atoms with Crippen molar-refractivity contribution >= 4 is 23.3 Å². The molecule has 3 rings (SSSR count). The number of para-hydroxylation sites is 1. The number of ether oxygens (including phenoxy) is 3. The summed E-state index contributed by atoms with van der Waals surface area (Å²) >= 11 is 6.14. The number of carbonyl (C=O) groups excluding carboxylic acids is 1. The van der Waals surface area contributed by atoms with E-state index in [9.17, 15) is 4.79 Å². The highest BCUT2D eigenvalue weighted by Gasteiger charge is 2.40. The van der Waals surface area contributed by atoms with Crippen LogP contribution in [-0.4, -0.2) is 49.6 Å². The van der Waals surface area contributed by atoms with Crippen molar-refractivity contribution in [2.45, 2.75) is 25.6 Å². The lowest BCUT2D eigenvalue weighted by atomic mass is 10.0. The van der Waals surface area contributed by atoms with E-state index in [2.05, 4.69) is 5.32 Å². The predicted octanol–water partition coefficient (Wildman–Crippen LogP) is 3.11. The second-order valence-corrected chi connectivity index (χ2v) is 5.98. The zero-order chi connectivity index (χ0) is 16.3. The van der Waals surface area contributed by atoms with Crippen molar-refractivity contribution in [2.24, 2.45) is 0 Å². The van der Waals surface area contributed by atoms with Crippen molar-refractivity contribution in [3.8, 4) is 5.75 Å². The van der Waals surface area contributed by atoms with Gasteiger partial charge < -0.3 is 24.4 Å². The van der Waals surface area contributed by atoms with Crippen molar-refractivity contribution in [1.29, 1.82) is 0 Å². The highest BCUT2D eigenvalue weighted by atomic mass is 35.5. The molecule has 2 saturated heterocycles. The van der Waals surface area contributed by atoms with Crippen LogP contribution in [0.15, 0.2) is 18.2 Å². The van der Waals surface area contributed by atoms with Gasteiger partial charge in [0.15, 0.2) is 11.5 Å². The van der Waals surface area contributed by atoms with Gasteiger partial charge in [-0.15, -0.1) is 0 Å². The Morgan fingerprint density at radius 2 is 2.04 bits per heavy atom. The molecule has 2 amide bonds. The number of hydrogen-bond donors (Lipinski definition) is 1. The Labute approximate surface area is 140 Å². The van der Waals surface area contributed by atoms with E-state index in [1.807, 2.05) is 6.92 Å². The molecule has 2 aliphatic heterocycles. The summed E-state index contributed by atoms with van der Waals surface area (Å²) < 4.78 is 16.9. The predicted molar refractivity (Wildman–Crippen MR) is 87.1 cm³/mol. The molecule has 6 nitrogen and oxygen atoms in total. The lowest BCUT2D eigenvalue weighted by Crippen LogP contribution is -2.48. The SMILES string of the molecule is CCOc1c(Cl)cccc1NC(=O)N1CCC2(CC1)OCCO2. The van der Waals surface area contributed by atoms with Gasteiger partial charge in [0, 0.05) is 25.9 Å². The number of likely N-dealkylation sites (tertiary alicyclic amines) is 1. The van der Waals surface area contributed by atoms with E-state index in [1.54, 1.807) is 23.1 Å². The Morgan fingerprint density at radius 1 is 1.35 bits per heavy atom. The van der Waals surface area contributed by atoms with Crippen LogP contribution in [0.5, 0.6) is 5.75 Å². The number of benzene rings is 1. The first kappa shape index (κ1) is 16.4. The minimum absolute atomic E-state index is 0.166. The number of nitrogens with zero attached hydrogens (tertiary/aromatic N) is 1. The van der Waals surface area contributed by atoms with Crippen molar-refractivity contribution in [3.63, 3.8) is 0 Å². The maximum Gasteiger partial charge on any atom is 0.321 e. The van der Waals surface area contributed by atoms with Gasteiger partial charge in [-0.3, -0.25) is 0 Å². The van der Waals surface area contributed by atoms with Gasteiger partial charge in [-0.05, 0) is 19.1 Å². The molecule has 0 radical (unpaired) electrons. The molecule has 0 atom stereocenters. The largest absolute Gasteiger partial charge is 0.490 e. The number of amides is 2. The van der Waals surface area contributed by atoms with Gasteiger partial charge in [-0.2, -0.15) is 0 Å². The van der Waals surface area contributed by atoms with Crippen LogP contribution < -0.4 is 10.1 Å². The smallest absolute Gasteiger partial charge is 0.321 e. The summed E-state index contributed by atoms with van der Waals surface area (Å²) in [4.78, 5) is 14.2. The lowest BCUT2D eigenvalue weighted by Gasteiger charge is -2.37. The van der Waals surface area contributed by atoms with Crippen LogP contribution in [0.1, 0.15) is 19.8 Å². The Bertz CT molecular complexity index is 565. The van der Waals surface area contributed by atoms with E-state index in [0.29, 0.717) is 62.2 Å². The van der Waals surface area contributed by atoms with Gasteiger partial charge >= 0.3 is 6.03 Å². The molecule has 23 heavy (non-hydrogen) atoms. The second kappa shape index (κ2) is 6.95. The van der Waals surface area contributed by atoms with E-state index in [0.717, 1.165) is 0 Å². The molecule has 1 spiro atoms. The maximum atomic E-state index is 12.5. The molecule has 0 aliphatic carbocycles. The van der Waals surface area contributed by atoms with Gasteiger partial charge in [0.1, 0.15) is 0 Å². The number of rotatable bonds is 3. The minimum Gasteiger partial charge on any atom is -0.490 e. The fourth-order valence-corrected chi connectivity index (χ4v) is 3.16. The quantitative estimate of drug-likeness (QED) is 0.918. The zero-order valence-corrected chi connectivity index (χ0v) is 13.9. The van der Waals surface area contributed by atoms with Crippen LogP contribution in [0.2, 0.25) is 5.02 Å². The standard InChI is InChI=1S/C16H21ClN2O4/c1-2-21-14-12(17)4-3-5-13(14)18-15(20)19-8-6-16(7-9-19)22-10-11-23-16/h3-5H,2,6-11H2,1H3,(H,18,20). The number of urea groups is 1. The molecule has 2 fully saturated rings. The van der Waals surface area contributed by atoms with E-state index >= 15 is 0 Å². The van der Waals surface area contributed by atoms with Gasteiger partial charge in [-0.1, -0.05) is 17.7 Å². The number of anilines is 1. The average molecular weight is 341 g/mol. The number of nitrogens with one attached hydrogen (secondary N) is 1. The van der Waals surface area contributed by atoms with Crippen molar-refractivity contribution in [3.05, 3.63) is 23.2 Å². The summed E-state index contributed by atoms with van der Waals surface area (Å²) in [6.45, 7) is 4.81. The Balaban J connectivity index is 1.63. The van der Waals surface area contributed by atoms with Crippen LogP contribution in [-0.2, 0) is 9.47 Å². The van der Waals surface area contributed by atoms with Crippen molar-refractivity contribution in [2.75, 3.05) is 38.2 Å². The van der Waals surface area contributed by atoms with E-state index in [4.69, 9.17) is 25.8 Å². The van der Waals surface area contributed by atoms with Crippen LogP contribution in [0.4, 0.5) is 10.5 Å². The molecule has 7 heteroatoms. The molecular weight excluding hydrogens is 320 g/mol. The summed E-state index contributed by atoms with van der Waals surface area (Å²) in [5.74, 6) is 0.0181. The number of piperidine rings is 1. The second-order valence-electron chi connectivity index (χ2n) is 5.57. The minimum atomic E-state index is -0.483. The summed E-state index contributed by atoms with van der Waals surface area (Å²) in [5.41, 5.74) is 0.581. The summed E-state index contributed by atoms with van der Waals surface area (Å²) in [6.07, 6.45) is 1.38. The molecule has 1 aromatic rings. The first-order valence-electron chi connectivity index (χ1n) is 7.89. The van der Waals surface area contributed by atoms with Gasteiger partial charge in [-0.25, -0.2) is 4.79 Å². The fraction of sp³-hybridized carbons (Fsp3) is 0.562. The molecule has 126 valence electrons. The molecular formula is C16H21ClN2O4. The van der Waals surface area contributed by atoms with Crippen LogP contribution in [0.3, 0.4) is 0 Å². The summed E-state index contributed by atoms with van der Waals surface area (Å²) in [6, 6.07) is 5.14. The third-order valence-corrected chi connectivity index (χ3v) is 4.42. The third-order valence-electron chi connectivity index (χ3n) is 4.12. The van der Waals surface area contributed by atoms with Gasteiger partial charge in [0.2, 0.25) is 0 Å². The molecule has 0 bridgehead atoms. The summed E-state index contributed by atoms with van der Waals surface area (Å²) in [7, 11) is 0. The Morgan fingerprint density at radius 3 is 2.70 bits per heavy atom. The van der Waals surface area contributed by atoms with E-state index < -0.39 is 5.79 Å². The molecule has 0 aromatic heterocycles. The molecule has 0 saturated carbocycles. The highest BCUT2D eigenvalue weighted by Crippen LogP contribution is 2.34. The van der Waals surface area contributed by atoms with Crippen molar-refractivity contribution < 1.29 is 19.0 Å². The van der Waals surface area contributed by atoms with E-state index in [-0.39, 0.29) is 6.03 Å². The number of hydrogen-bond acceptors (Lipinski definition) is 4.